The fourth-order valence-corrected chi connectivity index (χ4v) is 3.32. The highest BCUT2D eigenvalue weighted by Gasteiger charge is 2.30. The standard InChI is InChI=1S/C19H17FN4O/c20-16-9-7-13(8-10-16)17-2-1-11-24(17)19(25)15-5-3-14(4-6-15)18-21-12-22-23-18/h3-10,12,17H,1-2,11H2,(H,21,22,23)/t17-/m0/s1. The molecule has 0 spiro atoms. The number of carbonyl (C=O) groups is 1. The summed E-state index contributed by atoms with van der Waals surface area (Å²) in [5.41, 5.74) is 2.49. The minimum atomic E-state index is -0.261. The smallest absolute Gasteiger partial charge is 0.254 e. The quantitative estimate of drug-likeness (QED) is 0.795. The summed E-state index contributed by atoms with van der Waals surface area (Å²) in [4.78, 5) is 18.9. The molecule has 2 heterocycles. The van der Waals surface area contributed by atoms with E-state index in [4.69, 9.17) is 0 Å². The van der Waals surface area contributed by atoms with E-state index in [0.717, 1.165) is 24.0 Å². The van der Waals surface area contributed by atoms with Gasteiger partial charge in [0.25, 0.3) is 5.91 Å². The predicted molar refractivity (Wildman–Crippen MR) is 91.2 cm³/mol. The maximum atomic E-state index is 13.2. The highest BCUT2D eigenvalue weighted by molar-refractivity contribution is 5.95. The Kier molecular flexibility index (Phi) is 4.01. The molecule has 0 bridgehead atoms. The minimum Gasteiger partial charge on any atom is -0.332 e. The number of rotatable bonds is 3. The molecule has 1 aliphatic rings. The van der Waals surface area contributed by atoms with Gasteiger partial charge in [0.15, 0.2) is 5.82 Å². The number of halogens is 1. The van der Waals surface area contributed by atoms with Crippen molar-refractivity contribution >= 4 is 5.91 Å². The lowest BCUT2D eigenvalue weighted by Crippen LogP contribution is -2.30. The summed E-state index contributed by atoms with van der Waals surface area (Å²) in [7, 11) is 0. The molecule has 25 heavy (non-hydrogen) atoms. The van der Waals surface area contributed by atoms with E-state index in [1.54, 1.807) is 24.3 Å². The van der Waals surface area contributed by atoms with Gasteiger partial charge in [-0.15, -0.1) is 0 Å². The maximum Gasteiger partial charge on any atom is 0.254 e. The van der Waals surface area contributed by atoms with Gasteiger partial charge in [-0.2, -0.15) is 5.10 Å². The average molecular weight is 336 g/mol. The molecule has 0 saturated carbocycles. The second-order valence-electron chi connectivity index (χ2n) is 6.12. The molecular weight excluding hydrogens is 319 g/mol. The molecule has 0 radical (unpaired) electrons. The first-order valence-corrected chi connectivity index (χ1v) is 8.24. The summed E-state index contributed by atoms with van der Waals surface area (Å²) < 4.78 is 13.2. The van der Waals surface area contributed by atoms with Gasteiger partial charge >= 0.3 is 0 Å². The third kappa shape index (κ3) is 3.03. The van der Waals surface area contributed by atoms with Crippen molar-refractivity contribution in [2.45, 2.75) is 18.9 Å². The Morgan fingerprint density at radius 1 is 1.12 bits per heavy atom. The van der Waals surface area contributed by atoms with Crippen LogP contribution in [0.1, 0.15) is 34.8 Å². The van der Waals surface area contributed by atoms with E-state index in [0.29, 0.717) is 17.9 Å². The molecule has 1 N–H and O–H groups in total. The fourth-order valence-electron chi connectivity index (χ4n) is 3.32. The number of aromatic nitrogens is 3. The number of likely N-dealkylation sites (tertiary alicyclic amines) is 1. The van der Waals surface area contributed by atoms with Gasteiger partial charge in [-0.3, -0.25) is 9.89 Å². The number of carbonyl (C=O) groups excluding carboxylic acids is 1. The number of hydrogen-bond donors (Lipinski definition) is 1. The van der Waals surface area contributed by atoms with Crippen LogP contribution in [0.25, 0.3) is 11.4 Å². The Bertz CT molecular complexity index is 859. The Labute approximate surface area is 144 Å². The molecule has 3 aromatic rings. The second-order valence-corrected chi connectivity index (χ2v) is 6.12. The van der Waals surface area contributed by atoms with Gasteiger partial charge in [0.2, 0.25) is 0 Å². The number of nitrogens with zero attached hydrogens (tertiary/aromatic N) is 3. The summed E-state index contributed by atoms with van der Waals surface area (Å²) in [6.07, 6.45) is 3.30. The van der Waals surface area contributed by atoms with Crippen LogP contribution in [0.3, 0.4) is 0 Å². The zero-order valence-electron chi connectivity index (χ0n) is 13.5. The Morgan fingerprint density at radius 2 is 1.88 bits per heavy atom. The molecule has 5 nitrogen and oxygen atoms in total. The monoisotopic (exact) mass is 336 g/mol. The molecule has 1 aromatic heterocycles. The number of aromatic amines is 1. The van der Waals surface area contributed by atoms with Crippen LogP contribution in [0.15, 0.2) is 54.9 Å². The molecule has 1 aliphatic heterocycles. The van der Waals surface area contributed by atoms with Crippen LogP contribution in [0.5, 0.6) is 0 Å². The van der Waals surface area contributed by atoms with Crippen molar-refractivity contribution in [2.24, 2.45) is 0 Å². The molecule has 0 aliphatic carbocycles. The van der Waals surface area contributed by atoms with Gasteiger partial charge in [0.1, 0.15) is 12.1 Å². The zero-order valence-corrected chi connectivity index (χ0v) is 13.5. The highest BCUT2D eigenvalue weighted by atomic mass is 19.1. The van der Waals surface area contributed by atoms with E-state index in [2.05, 4.69) is 15.2 Å². The van der Waals surface area contributed by atoms with Crippen molar-refractivity contribution in [3.8, 4) is 11.4 Å². The molecule has 4 rings (SSSR count). The molecule has 0 unspecified atom stereocenters. The lowest BCUT2D eigenvalue weighted by atomic mass is 10.0. The SMILES string of the molecule is O=C(c1ccc(-c2ncn[nH]2)cc1)N1CCC[C@H]1c1ccc(F)cc1. The molecular formula is C19H17FN4O. The van der Waals surface area contributed by atoms with Crippen LogP contribution in [-0.2, 0) is 0 Å². The van der Waals surface area contributed by atoms with Crippen LogP contribution in [0.4, 0.5) is 4.39 Å². The van der Waals surface area contributed by atoms with E-state index >= 15 is 0 Å². The van der Waals surface area contributed by atoms with Crippen LogP contribution in [-0.4, -0.2) is 32.5 Å². The first-order chi connectivity index (χ1) is 12.2. The van der Waals surface area contributed by atoms with Crippen molar-refractivity contribution in [1.29, 1.82) is 0 Å². The third-order valence-electron chi connectivity index (χ3n) is 4.59. The van der Waals surface area contributed by atoms with Crippen molar-refractivity contribution in [3.63, 3.8) is 0 Å². The van der Waals surface area contributed by atoms with Gasteiger partial charge < -0.3 is 4.90 Å². The van der Waals surface area contributed by atoms with Crippen molar-refractivity contribution in [1.82, 2.24) is 20.1 Å². The summed E-state index contributed by atoms with van der Waals surface area (Å²) in [5, 5.41) is 6.63. The van der Waals surface area contributed by atoms with Gasteiger partial charge in [-0.1, -0.05) is 24.3 Å². The largest absolute Gasteiger partial charge is 0.332 e. The summed E-state index contributed by atoms with van der Waals surface area (Å²) in [6.45, 7) is 0.713. The summed E-state index contributed by atoms with van der Waals surface area (Å²) in [6, 6.07) is 13.7. The molecule has 126 valence electrons. The Morgan fingerprint density at radius 3 is 2.56 bits per heavy atom. The van der Waals surface area contributed by atoms with Gasteiger partial charge in [0.05, 0.1) is 6.04 Å². The lowest BCUT2D eigenvalue weighted by molar-refractivity contribution is 0.0735. The van der Waals surface area contributed by atoms with Gasteiger partial charge in [-0.25, -0.2) is 9.37 Å². The molecule has 2 aromatic carbocycles. The van der Waals surface area contributed by atoms with Crippen LogP contribution < -0.4 is 0 Å². The van der Waals surface area contributed by atoms with Crippen molar-refractivity contribution in [2.75, 3.05) is 6.54 Å². The number of H-pyrrole nitrogens is 1. The molecule has 1 atom stereocenters. The molecule has 1 amide bonds. The highest BCUT2D eigenvalue weighted by Crippen LogP contribution is 2.33. The number of benzene rings is 2. The topological polar surface area (TPSA) is 61.9 Å². The van der Waals surface area contributed by atoms with Gasteiger partial charge in [-0.05, 0) is 42.7 Å². The molecule has 1 fully saturated rings. The van der Waals surface area contributed by atoms with Crippen molar-refractivity contribution < 1.29 is 9.18 Å². The summed E-state index contributed by atoms with van der Waals surface area (Å²) in [5.74, 6) is 0.405. The lowest BCUT2D eigenvalue weighted by Gasteiger charge is -2.25. The fraction of sp³-hybridized carbons (Fsp3) is 0.211. The van der Waals surface area contributed by atoms with E-state index in [1.165, 1.54) is 18.5 Å². The van der Waals surface area contributed by atoms with Crippen LogP contribution >= 0.6 is 0 Å². The van der Waals surface area contributed by atoms with Gasteiger partial charge in [0, 0.05) is 17.7 Å². The average Bonchev–Trinajstić information content (AvgIpc) is 3.34. The van der Waals surface area contributed by atoms with E-state index in [-0.39, 0.29) is 17.8 Å². The first-order valence-electron chi connectivity index (χ1n) is 8.24. The number of nitrogens with one attached hydrogen (secondary N) is 1. The Hall–Kier alpha value is -3.02. The third-order valence-corrected chi connectivity index (χ3v) is 4.59. The van der Waals surface area contributed by atoms with E-state index < -0.39 is 0 Å². The summed E-state index contributed by atoms with van der Waals surface area (Å²) >= 11 is 0. The Balaban J connectivity index is 1.56. The predicted octanol–water partition coefficient (Wildman–Crippen LogP) is 3.59. The maximum absolute atomic E-state index is 13.2. The van der Waals surface area contributed by atoms with Crippen LogP contribution in [0.2, 0.25) is 0 Å². The minimum absolute atomic E-state index is 0.00190. The van der Waals surface area contributed by atoms with Crippen LogP contribution in [0, 0.1) is 5.82 Å². The van der Waals surface area contributed by atoms with E-state index in [9.17, 15) is 9.18 Å². The normalized spacial score (nSPS) is 17.0. The first kappa shape index (κ1) is 15.5. The zero-order chi connectivity index (χ0) is 17.2. The number of amides is 1. The molecule has 6 heteroatoms. The second kappa shape index (κ2) is 6.47. The van der Waals surface area contributed by atoms with Crippen molar-refractivity contribution in [3.05, 3.63) is 71.8 Å². The van der Waals surface area contributed by atoms with E-state index in [1.807, 2.05) is 17.0 Å². The molecule has 1 saturated heterocycles. The number of hydrogen-bond acceptors (Lipinski definition) is 3.